The summed E-state index contributed by atoms with van der Waals surface area (Å²) in [5, 5.41) is 4.36. The van der Waals surface area contributed by atoms with Crippen molar-refractivity contribution in [1.82, 2.24) is 0 Å². The van der Waals surface area contributed by atoms with Gasteiger partial charge in [0.15, 0.2) is 5.58 Å². The van der Waals surface area contributed by atoms with Crippen LogP contribution in [0.25, 0.3) is 66.1 Å². The fraction of sp³-hybridized carbons (Fsp3) is 0.100. The van der Waals surface area contributed by atoms with Crippen LogP contribution in [0.3, 0.4) is 0 Å². The van der Waals surface area contributed by atoms with E-state index in [9.17, 15) is 0 Å². The maximum atomic E-state index is 6.81. The average molecular weight is 825 g/mol. The van der Waals surface area contributed by atoms with Crippen molar-refractivity contribution in [3.63, 3.8) is 0 Å². The first-order valence-electron chi connectivity index (χ1n) is 22.3. The molecule has 0 saturated heterocycles. The van der Waals surface area contributed by atoms with Crippen molar-refractivity contribution >= 4 is 78.0 Å². The number of fused-ring (bicyclic) bond motifs is 12. The first-order valence-corrected chi connectivity index (χ1v) is 22.3. The van der Waals surface area contributed by atoms with Gasteiger partial charge in [0.2, 0.25) is 0 Å². The third kappa shape index (κ3) is 5.17. The summed E-state index contributed by atoms with van der Waals surface area (Å²) in [6, 6.07) is 70.4. The van der Waals surface area contributed by atoms with E-state index in [0.29, 0.717) is 0 Å². The van der Waals surface area contributed by atoms with Crippen LogP contribution in [-0.2, 0) is 10.8 Å². The quantitative estimate of drug-likeness (QED) is 0.167. The van der Waals surface area contributed by atoms with Crippen LogP contribution in [0.15, 0.2) is 203 Å². The van der Waals surface area contributed by atoms with Crippen LogP contribution in [0, 0.1) is 0 Å². The predicted octanol–water partition coefficient (Wildman–Crippen LogP) is 17.0. The maximum Gasteiger partial charge on any atom is 0.159 e. The second-order valence-electron chi connectivity index (χ2n) is 18.5. The number of benzene rings is 9. The van der Waals surface area contributed by atoms with Crippen LogP contribution < -0.4 is 9.80 Å². The maximum absolute atomic E-state index is 6.81. The van der Waals surface area contributed by atoms with E-state index in [1.165, 1.54) is 44.5 Å². The Labute approximate surface area is 372 Å². The predicted molar refractivity (Wildman–Crippen MR) is 265 cm³/mol. The van der Waals surface area contributed by atoms with Crippen LogP contribution >= 0.6 is 0 Å². The van der Waals surface area contributed by atoms with E-state index in [0.717, 1.165) is 78.0 Å². The van der Waals surface area contributed by atoms with Gasteiger partial charge >= 0.3 is 0 Å². The van der Waals surface area contributed by atoms with Gasteiger partial charge in [-0.2, -0.15) is 0 Å². The van der Waals surface area contributed by atoms with E-state index in [1.807, 2.05) is 12.1 Å². The van der Waals surface area contributed by atoms with Crippen LogP contribution in [0.4, 0.5) is 34.1 Å². The number of hydrogen-bond donors (Lipinski definition) is 0. The van der Waals surface area contributed by atoms with E-state index in [2.05, 4.69) is 219 Å². The van der Waals surface area contributed by atoms with Crippen LogP contribution in [0.5, 0.6) is 0 Å². The molecule has 4 nitrogen and oxygen atoms in total. The zero-order valence-corrected chi connectivity index (χ0v) is 36.2. The molecule has 13 rings (SSSR count). The molecule has 2 aliphatic carbocycles. The number of para-hydroxylation sites is 3. The molecule has 64 heavy (non-hydrogen) atoms. The zero-order valence-electron chi connectivity index (χ0n) is 36.2. The number of nitrogens with zero attached hydrogens (tertiary/aromatic N) is 2. The monoisotopic (exact) mass is 824 g/mol. The number of anilines is 6. The lowest BCUT2D eigenvalue weighted by Crippen LogP contribution is -2.17. The topological polar surface area (TPSA) is 32.8 Å². The highest BCUT2D eigenvalue weighted by Gasteiger charge is 2.37. The second-order valence-corrected chi connectivity index (χ2v) is 18.5. The van der Waals surface area contributed by atoms with Gasteiger partial charge in [0.1, 0.15) is 16.7 Å². The first kappa shape index (κ1) is 36.8. The van der Waals surface area contributed by atoms with Gasteiger partial charge in [-0.05, 0) is 117 Å². The summed E-state index contributed by atoms with van der Waals surface area (Å²) in [4.78, 5) is 4.82. The molecule has 0 fully saturated rings. The molecule has 2 aromatic heterocycles. The molecular weight excluding hydrogens is 781 g/mol. The summed E-state index contributed by atoms with van der Waals surface area (Å²) in [6.07, 6.45) is 0. The highest BCUT2D eigenvalue weighted by molar-refractivity contribution is 6.14. The minimum absolute atomic E-state index is 0.174. The van der Waals surface area contributed by atoms with Gasteiger partial charge in [-0.15, -0.1) is 0 Å². The SMILES string of the molecule is CC1(C)c2ccccc2-c2ccc(N(c3cccc(N(c4ccc5c(c4)C(C)(C)c4ccccc4-5)c4cccc5oc6ccccc6c45)c3)c3cccc4c3oc3ccccc34)cc21. The van der Waals surface area contributed by atoms with E-state index in [4.69, 9.17) is 8.83 Å². The molecule has 0 spiro atoms. The Morgan fingerprint density at radius 3 is 1.44 bits per heavy atom. The molecule has 11 aromatic rings. The van der Waals surface area contributed by atoms with Gasteiger partial charge < -0.3 is 18.6 Å². The molecular formula is C60H44N2O2. The number of rotatable bonds is 6. The third-order valence-corrected chi connectivity index (χ3v) is 14.2. The molecule has 4 heteroatoms. The van der Waals surface area contributed by atoms with Crippen molar-refractivity contribution in [2.24, 2.45) is 0 Å². The molecule has 0 saturated carbocycles. The Hall–Kier alpha value is -7.82. The molecule has 0 bridgehead atoms. The highest BCUT2D eigenvalue weighted by atomic mass is 16.3. The Bertz CT molecular complexity index is 3710. The largest absolute Gasteiger partial charge is 0.456 e. The van der Waals surface area contributed by atoms with Gasteiger partial charge in [0.05, 0.1) is 16.8 Å². The minimum atomic E-state index is -0.176. The fourth-order valence-electron chi connectivity index (χ4n) is 11.1. The summed E-state index contributed by atoms with van der Waals surface area (Å²) in [7, 11) is 0. The van der Waals surface area contributed by atoms with Crippen molar-refractivity contribution in [1.29, 1.82) is 0 Å². The molecule has 9 aromatic carbocycles. The van der Waals surface area contributed by atoms with Crippen molar-refractivity contribution in [3.8, 4) is 22.3 Å². The fourth-order valence-corrected chi connectivity index (χ4v) is 11.1. The number of furan rings is 2. The lowest BCUT2D eigenvalue weighted by atomic mass is 9.82. The van der Waals surface area contributed by atoms with Gasteiger partial charge in [0.25, 0.3) is 0 Å². The van der Waals surface area contributed by atoms with Gasteiger partial charge in [-0.25, -0.2) is 0 Å². The Morgan fingerprint density at radius 2 is 0.781 bits per heavy atom. The summed E-state index contributed by atoms with van der Waals surface area (Å²) in [5.41, 5.74) is 19.8. The van der Waals surface area contributed by atoms with Crippen LogP contribution in [0.1, 0.15) is 49.9 Å². The van der Waals surface area contributed by atoms with E-state index < -0.39 is 0 Å². The minimum Gasteiger partial charge on any atom is -0.456 e. The Balaban J connectivity index is 1.06. The molecule has 0 atom stereocenters. The Kier molecular flexibility index (Phi) is 7.67. The highest BCUT2D eigenvalue weighted by Crippen LogP contribution is 2.54. The summed E-state index contributed by atoms with van der Waals surface area (Å²) in [6.45, 7) is 9.40. The van der Waals surface area contributed by atoms with Crippen LogP contribution in [0.2, 0.25) is 0 Å². The molecule has 0 amide bonds. The standard InChI is InChI=1S/C60H44N2O2/c1-59(2)48-23-9-5-18-41(48)43-32-30-39(35-50(43)59)61(52-25-15-29-56-57(52)47-21-8-12-28-55(47)63-56)37-16-13-17-38(34-37)62(53-26-14-22-46-45-20-7-11-27-54(45)64-58(46)53)40-31-33-44-42-19-6-10-24-49(42)60(3,4)51(44)36-40/h5-36H,1-4H3. The van der Waals surface area contributed by atoms with Crippen molar-refractivity contribution in [3.05, 3.63) is 216 Å². The molecule has 2 heterocycles. The second kappa shape index (κ2) is 13.3. The molecule has 306 valence electrons. The van der Waals surface area contributed by atoms with E-state index >= 15 is 0 Å². The van der Waals surface area contributed by atoms with Crippen molar-refractivity contribution in [2.45, 2.75) is 38.5 Å². The molecule has 2 aliphatic rings. The summed E-state index contributed by atoms with van der Waals surface area (Å²) >= 11 is 0. The van der Waals surface area contributed by atoms with Crippen molar-refractivity contribution < 1.29 is 8.83 Å². The average Bonchev–Trinajstić information content (AvgIpc) is 4.03. The third-order valence-electron chi connectivity index (χ3n) is 14.2. The zero-order chi connectivity index (χ0) is 42.9. The van der Waals surface area contributed by atoms with Gasteiger partial charge in [0, 0.05) is 49.7 Å². The molecule has 0 aliphatic heterocycles. The lowest BCUT2D eigenvalue weighted by molar-refractivity contribution is 0.660. The normalized spacial score (nSPS) is 14.2. The molecule has 0 unspecified atom stereocenters. The summed E-state index contributed by atoms with van der Waals surface area (Å²) in [5.74, 6) is 0. The Morgan fingerprint density at radius 1 is 0.328 bits per heavy atom. The number of hydrogen-bond acceptors (Lipinski definition) is 4. The smallest absolute Gasteiger partial charge is 0.159 e. The van der Waals surface area contributed by atoms with E-state index in [-0.39, 0.29) is 10.8 Å². The molecule has 0 radical (unpaired) electrons. The van der Waals surface area contributed by atoms with Crippen molar-refractivity contribution in [2.75, 3.05) is 9.80 Å². The first-order chi connectivity index (χ1) is 31.3. The summed E-state index contributed by atoms with van der Waals surface area (Å²) < 4.78 is 13.4. The van der Waals surface area contributed by atoms with Gasteiger partial charge in [-0.1, -0.05) is 149 Å². The molecule has 0 N–H and O–H groups in total. The van der Waals surface area contributed by atoms with E-state index in [1.54, 1.807) is 0 Å². The van der Waals surface area contributed by atoms with Gasteiger partial charge in [-0.3, -0.25) is 0 Å². The lowest BCUT2D eigenvalue weighted by Gasteiger charge is -2.31. The van der Waals surface area contributed by atoms with Crippen LogP contribution in [-0.4, -0.2) is 0 Å².